The number of imide groups is 1. The normalized spacial score (nSPS) is 13.1. The molecule has 0 radical (unpaired) electrons. The van der Waals surface area contributed by atoms with Crippen LogP contribution in [0.15, 0.2) is 48.5 Å². The van der Waals surface area contributed by atoms with Crippen LogP contribution < -0.4 is 4.90 Å². The fourth-order valence-corrected chi connectivity index (χ4v) is 3.27. The Labute approximate surface area is 156 Å². The second-order valence-electron chi connectivity index (χ2n) is 6.11. The molecule has 0 aliphatic carbocycles. The highest BCUT2D eigenvalue weighted by molar-refractivity contribution is 6.36. The molecule has 0 aromatic heterocycles. The molecule has 0 fully saturated rings. The fraction of sp³-hybridized carbons (Fsp3) is 0. The Bertz CT molecular complexity index is 1230. The van der Waals surface area contributed by atoms with Crippen molar-refractivity contribution in [1.29, 1.82) is 0 Å². The molecule has 2 amide bonds. The molecule has 1 aliphatic rings. The van der Waals surface area contributed by atoms with Crippen molar-refractivity contribution in [3.63, 3.8) is 0 Å². The maximum absolute atomic E-state index is 13.0. The third-order valence-electron chi connectivity index (χ3n) is 4.51. The van der Waals surface area contributed by atoms with E-state index in [1.165, 1.54) is 24.3 Å². The second kappa shape index (κ2) is 5.88. The van der Waals surface area contributed by atoms with Crippen molar-refractivity contribution >= 4 is 39.9 Å². The molecule has 0 saturated carbocycles. The van der Waals surface area contributed by atoms with Crippen LogP contribution in [0.25, 0.3) is 10.8 Å². The molecule has 9 nitrogen and oxygen atoms in total. The van der Waals surface area contributed by atoms with Crippen LogP contribution >= 0.6 is 0 Å². The maximum Gasteiger partial charge on any atom is 0.339 e. The average Bonchev–Trinajstić information content (AvgIpc) is 2.66. The van der Waals surface area contributed by atoms with E-state index in [9.17, 15) is 34.7 Å². The lowest BCUT2D eigenvalue weighted by molar-refractivity contribution is -0.384. The summed E-state index contributed by atoms with van der Waals surface area (Å²) in [6.07, 6.45) is 0. The van der Waals surface area contributed by atoms with Gasteiger partial charge in [-0.15, -0.1) is 0 Å². The van der Waals surface area contributed by atoms with Gasteiger partial charge in [-0.1, -0.05) is 12.1 Å². The number of carbonyl (C=O) groups excluding carboxylic acids is 2. The zero-order valence-corrected chi connectivity index (χ0v) is 13.9. The van der Waals surface area contributed by atoms with Gasteiger partial charge in [0, 0.05) is 23.1 Å². The van der Waals surface area contributed by atoms with Gasteiger partial charge in [0.05, 0.1) is 16.2 Å². The van der Waals surface area contributed by atoms with Gasteiger partial charge >= 0.3 is 5.97 Å². The molecule has 0 bridgehead atoms. The number of carbonyl (C=O) groups is 3. The topological polar surface area (TPSA) is 138 Å². The average molecular weight is 378 g/mol. The summed E-state index contributed by atoms with van der Waals surface area (Å²) >= 11 is 0. The lowest BCUT2D eigenvalue weighted by atomic mass is 9.93. The highest BCUT2D eigenvalue weighted by Crippen LogP contribution is 2.36. The van der Waals surface area contributed by atoms with Gasteiger partial charge in [0.15, 0.2) is 0 Å². The van der Waals surface area contributed by atoms with E-state index in [0.717, 1.165) is 23.1 Å². The summed E-state index contributed by atoms with van der Waals surface area (Å²) < 4.78 is 0. The Hall–Kier alpha value is -4.27. The molecule has 0 unspecified atom stereocenters. The molecule has 0 saturated heterocycles. The van der Waals surface area contributed by atoms with Gasteiger partial charge in [0.2, 0.25) is 0 Å². The molecule has 3 aromatic rings. The van der Waals surface area contributed by atoms with E-state index in [1.807, 2.05) is 0 Å². The van der Waals surface area contributed by atoms with Crippen LogP contribution in [-0.4, -0.2) is 32.9 Å². The molecule has 4 rings (SSSR count). The number of hydrogen-bond acceptors (Lipinski definition) is 6. The largest absolute Gasteiger partial charge is 0.507 e. The quantitative estimate of drug-likeness (QED) is 0.406. The molecule has 28 heavy (non-hydrogen) atoms. The first-order chi connectivity index (χ1) is 13.3. The molecular weight excluding hydrogens is 368 g/mol. The lowest BCUT2D eigenvalue weighted by Gasteiger charge is -2.27. The number of amides is 2. The van der Waals surface area contributed by atoms with Crippen molar-refractivity contribution in [2.45, 2.75) is 0 Å². The van der Waals surface area contributed by atoms with Crippen LogP contribution in [-0.2, 0) is 0 Å². The van der Waals surface area contributed by atoms with Gasteiger partial charge in [-0.25, -0.2) is 9.69 Å². The number of phenols is 1. The third-order valence-corrected chi connectivity index (χ3v) is 4.51. The summed E-state index contributed by atoms with van der Waals surface area (Å²) in [5.41, 5.74) is -0.740. The zero-order chi connectivity index (χ0) is 20.2. The minimum atomic E-state index is -1.44. The number of carboxylic acid groups (broad SMARTS) is 1. The van der Waals surface area contributed by atoms with Gasteiger partial charge < -0.3 is 10.2 Å². The summed E-state index contributed by atoms with van der Waals surface area (Å²) in [5.74, 6) is -3.47. The summed E-state index contributed by atoms with van der Waals surface area (Å²) in [6.45, 7) is 0. The highest BCUT2D eigenvalue weighted by atomic mass is 16.6. The van der Waals surface area contributed by atoms with Gasteiger partial charge in [0.25, 0.3) is 17.5 Å². The molecule has 0 atom stereocenters. The van der Waals surface area contributed by atoms with Crippen molar-refractivity contribution in [2.75, 3.05) is 4.90 Å². The Morgan fingerprint density at radius 3 is 2.39 bits per heavy atom. The number of anilines is 1. The van der Waals surface area contributed by atoms with E-state index in [1.54, 1.807) is 6.07 Å². The predicted octanol–water partition coefficient (Wildman–Crippen LogP) is 2.95. The number of nitro benzene ring substituents is 1. The smallest absolute Gasteiger partial charge is 0.339 e. The van der Waals surface area contributed by atoms with Crippen LogP contribution in [0.4, 0.5) is 11.4 Å². The Morgan fingerprint density at radius 2 is 1.71 bits per heavy atom. The van der Waals surface area contributed by atoms with Crippen molar-refractivity contribution in [1.82, 2.24) is 0 Å². The summed E-state index contributed by atoms with van der Waals surface area (Å²) in [6, 6.07) is 10.2. The van der Waals surface area contributed by atoms with E-state index in [2.05, 4.69) is 0 Å². The van der Waals surface area contributed by atoms with Crippen LogP contribution in [0.3, 0.4) is 0 Å². The second-order valence-corrected chi connectivity index (χ2v) is 6.11. The number of benzene rings is 3. The zero-order valence-electron chi connectivity index (χ0n) is 13.9. The van der Waals surface area contributed by atoms with Gasteiger partial charge in [-0.2, -0.15) is 0 Å². The third kappa shape index (κ3) is 2.37. The molecule has 0 spiro atoms. The number of aromatic hydroxyl groups is 1. The minimum Gasteiger partial charge on any atom is -0.507 e. The van der Waals surface area contributed by atoms with Crippen LogP contribution in [0.2, 0.25) is 0 Å². The number of rotatable bonds is 3. The minimum absolute atomic E-state index is 0.0376. The van der Waals surface area contributed by atoms with E-state index >= 15 is 0 Å². The van der Waals surface area contributed by atoms with E-state index in [-0.39, 0.29) is 22.5 Å². The van der Waals surface area contributed by atoms with Gasteiger partial charge in [0.1, 0.15) is 11.3 Å². The van der Waals surface area contributed by atoms with Crippen molar-refractivity contribution in [3.05, 3.63) is 75.3 Å². The first kappa shape index (κ1) is 17.2. The number of non-ortho nitro benzene ring substituents is 1. The van der Waals surface area contributed by atoms with E-state index in [4.69, 9.17) is 0 Å². The van der Waals surface area contributed by atoms with Crippen molar-refractivity contribution in [3.8, 4) is 5.75 Å². The first-order valence-corrected chi connectivity index (χ1v) is 7.96. The number of nitro groups is 1. The summed E-state index contributed by atoms with van der Waals surface area (Å²) in [5, 5.41) is 30.7. The SMILES string of the molecule is O=C(O)c1cc(N2C(=O)c3cccc4cc([N+](=O)[O-])cc(c34)C2=O)ccc1O. The first-order valence-electron chi connectivity index (χ1n) is 7.96. The molecule has 9 heteroatoms. The standard InChI is InChI=1S/C19H10N2O7/c22-15-5-4-10(7-13(15)19(25)26)20-17(23)12-3-1-2-9-6-11(21(27)28)8-14(16(9)12)18(20)24/h1-8,22H,(H,25,26). The van der Waals surface area contributed by atoms with E-state index < -0.39 is 34.0 Å². The molecule has 2 N–H and O–H groups in total. The Balaban J connectivity index is 1.97. The van der Waals surface area contributed by atoms with Gasteiger partial charge in [-0.3, -0.25) is 19.7 Å². The predicted molar refractivity (Wildman–Crippen MR) is 96.8 cm³/mol. The maximum atomic E-state index is 13.0. The van der Waals surface area contributed by atoms with Gasteiger partial charge in [-0.05, 0) is 29.7 Å². The van der Waals surface area contributed by atoms with E-state index in [0.29, 0.717) is 10.8 Å². The summed E-state index contributed by atoms with van der Waals surface area (Å²) in [7, 11) is 0. The van der Waals surface area contributed by atoms with Crippen molar-refractivity contribution < 1.29 is 29.5 Å². The monoisotopic (exact) mass is 378 g/mol. The van der Waals surface area contributed by atoms with Crippen molar-refractivity contribution in [2.24, 2.45) is 0 Å². The molecule has 3 aromatic carbocycles. The van der Waals surface area contributed by atoms with Crippen LogP contribution in [0, 0.1) is 10.1 Å². The fourth-order valence-electron chi connectivity index (χ4n) is 3.27. The molecule has 1 heterocycles. The Kier molecular flexibility index (Phi) is 3.60. The van der Waals surface area contributed by atoms with Crippen LogP contribution in [0.5, 0.6) is 5.75 Å². The molecular formula is C19H10N2O7. The van der Waals surface area contributed by atoms with Crippen LogP contribution in [0.1, 0.15) is 31.1 Å². The highest BCUT2D eigenvalue weighted by Gasteiger charge is 2.35. The number of hydrogen-bond donors (Lipinski definition) is 2. The lowest BCUT2D eigenvalue weighted by Crippen LogP contribution is -2.40. The number of carboxylic acids is 1. The number of nitrogens with zero attached hydrogens (tertiary/aromatic N) is 2. The molecule has 1 aliphatic heterocycles. The summed E-state index contributed by atoms with van der Waals surface area (Å²) in [4.78, 5) is 48.6. The number of aromatic carboxylic acids is 1. The molecule has 138 valence electrons. The Morgan fingerprint density at radius 1 is 1.00 bits per heavy atom.